The molecule has 0 saturated carbocycles. The van der Waals surface area contributed by atoms with Crippen molar-refractivity contribution in [2.24, 2.45) is 5.73 Å². The first-order chi connectivity index (χ1) is 10.8. The van der Waals surface area contributed by atoms with E-state index in [4.69, 9.17) is 5.73 Å². The molecule has 0 aliphatic carbocycles. The van der Waals surface area contributed by atoms with Crippen LogP contribution in [0, 0.1) is 10.1 Å². The lowest BCUT2D eigenvalue weighted by atomic mass is 10.2. The number of benzene rings is 2. The summed E-state index contributed by atoms with van der Waals surface area (Å²) in [6.07, 6.45) is 0. The maximum atomic E-state index is 12.1. The van der Waals surface area contributed by atoms with E-state index in [1.54, 1.807) is 0 Å². The minimum atomic E-state index is -3.75. The summed E-state index contributed by atoms with van der Waals surface area (Å²) in [6.45, 7) is 0. The van der Waals surface area contributed by atoms with Crippen LogP contribution < -0.4 is 10.5 Å². The minimum absolute atomic E-state index is 0.177. The maximum Gasteiger partial charge on any atom is 0.269 e. The van der Waals surface area contributed by atoms with E-state index in [1.165, 1.54) is 48.5 Å². The van der Waals surface area contributed by atoms with Crippen LogP contribution in [0.5, 0.6) is 0 Å². The quantitative estimate of drug-likeness (QED) is 0.611. The average Bonchev–Trinajstić information content (AvgIpc) is 2.47. The number of carbonyl (C=O) groups excluding carboxylic acids is 1. The van der Waals surface area contributed by atoms with Crippen LogP contribution in [0.4, 0.5) is 11.4 Å². The summed E-state index contributed by atoms with van der Waals surface area (Å²) in [6, 6.07) is 11.0. The summed E-state index contributed by atoms with van der Waals surface area (Å²) in [5.41, 5.74) is 5.73. The Morgan fingerprint density at radius 2 is 1.83 bits per heavy atom. The zero-order valence-electron chi connectivity index (χ0n) is 11.8. The van der Waals surface area contributed by atoms with Crippen molar-refractivity contribution in [2.75, 3.05) is 4.72 Å². The van der Waals surface area contributed by atoms with Crippen LogP contribution in [-0.2, 0) is 15.8 Å². The lowest BCUT2D eigenvalue weighted by Crippen LogP contribution is -2.15. The van der Waals surface area contributed by atoms with Gasteiger partial charge in [-0.1, -0.05) is 12.1 Å². The number of hydrogen-bond acceptors (Lipinski definition) is 5. The monoisotopic (exact) mass is 335 g/mol. The summed E-state index contributed by atoms with van der Waals surface area (Å²) in [4.78, 5) is 21.1. The Hall–Kier alpha value is -2.94. The van der Waals surface area contributed by atoms with Gasteiger partial charge in [-0.15, -0.1) is 0 Å². The van der Waals surface area contributed by atoms with Gasteiger partial charge in [0.1, 0.15) is 0 Å². The Kier molecular flexibility index (Phi) is 4.60. The molecule has 120 valence electrons. The number of primary amides is 1. The first-order valence-electron chi connectivity index (χ1n) is 6.40. The maximum absolute atomic E-state index is 12.1. The van der Waals surface area contributed by atoms with Gasteiger partial charge in [0.2, 0.25) is 15.9 Å². The molecule has 23 heavy (non-hydrogen) atoms. The SMILES string of the molecule is NC(=O)c1ccc(NS(=O)(=O)Cc2cccc([N+](=O)[O-])c2)cc1. The first kappa shape index (κ1) is 16.4. The topological polar surface area (TPSA) is 132 Å². The minimum Gasteiger partial charge on any atom is -0.366 e. The summed E-state index contributed by atoms with van der Waals surface area (Å²) < 4.78 is 26.5. The molecular weight excluding hydrogens is 322 g/mol. The lowest BCUT2D eigenvalue weighted by Gasteiger charge is -2.08. The molecule has 0 spiro atoms. The highest BCUT2D eigenvalue weighted by Crippen LogP contribution is 2.17. The van der Waals surface area contributed by atoms with Crippen molar-refractivity contribution in [3.05, 3.63) is 69.8 Å². The number of sulfonamides is 1. The second-order valence-corrected chi connectivity index (χ2v) is 6.45. The lowest BCUT2D eigenvalue weighted by molar-refractivity contribution is -0.384. The van der Waals surface area contributed by atoms with E-state index in [-0.39, 0.29) is 16.9 Å². The fraction of sp³-hybridized carbons (Fsp3) is 0.0714. The van der Waals surface area contributed by atoms with Gasteiger partial charge in [0.15, 0.2) is 0 Å². The normalized spacial score (nSPS) is 11.0. The Labute approximate surface area is 132 Å². The highest BCUT2D eigenvalue weighted by Gasteiger charge is 2.14. The van der Waals surface area contributed by atoms with E-state index in [0.29, 0.717) is 5.56 Å². The molecule has 0 saturated heterocycles. The molecule has 1 amide bonds. The Balaban J connectivity index is 2.14. The number of nitrogens with zero attached hydrogens (tertiary/aromatic N) is 1. The Morgan fingerprint density at radius 1 is 1.17 bits per heavy atom. The van der Waals surface area contributed by atoms with Crippen molar-refractivity contribution in [1.29, 1.82) is 0 Å². The fourth-order valence-corrected chi connectivity index (χ4v) is 3.08. The van der Waals surface area contributed by atoms with Crippen molar-refractivity contribution in [3.63, 3.8) is 0 Å². The van der Waals surface area contributed by atoms with Crippen molar-refractivity contribution in [1.82, 2.24) is 0 Å². The smallest absolute Gasteiger partial charge is 0.269 e. The number of rotatable bonds is 6. The molecule has 2 aromatic rings. The van der Waals surface area contributed by atoms with Crippen LogP contribution in [0.25, 0.3) is 0 Å². The number of nitro benzene ring substituents is 1. The summed E-state index contributed by atoms with van der Waals surface area (Å²) in [5, 5.41) is 10.7. The van der Waals surface area contributed by atoms with Gasteiger partial charge in [-0.25, -0.2) is 8.42 Å². The predicted octanol–water partition coefficient (Wildman–Crippen LogP) is 1.64. The molecule has 9 heteroatoms. The Bertz CT molecular complexity index is 847. The standard InChI is InChI=1S/C14H13N3O5S/c15-14(18)11-4-6-12(7-5-11)16-23(21,22)9-10-2-1-3-13(8-10)17(19)20/h1-8,16H,9H2,(H2,15,18). The summed E-state index contributed by atoms with van der Waals surface area (Å²) >= 11 is 0. The zero-order valence-corrected chi connectivity index (χ0v) is 12.6. The van der Waals surface area contributed by atoms with Gasteiger partial charge in [-0.2, -0.15) is 0 Å². The molecular formula is C14H13N3O5S. The third-order valence-electron chi connectivity index (χ3n) is 2.92. The molecule has 0 atom stereocenters. The van der Waals surface area contributed by atoms with Gasteiger partial charge in [0.25, 0.3) is 5.69 Å². The summed E-state index contributed by atoms with van der Waals surface area (Å²) in [5.74, 6) is -1.03. The zero-order chi connectivity index (χ0) is 17.0. The van der Waals surface area contributed by atoms with Crippen LogP contribution in [0.2, 0.25) is 0 Å². The average molecular weight is 335 g/mol. The number of nitrogens with two attached hydrogens (primary N) is 1. The number of non-ortho nitro benzene ring substituents is 1. The van der Waals surface area contributed by atoms with E-state index in [1.807, 2.05) is 0 Å². The van der Waals surface area contributed by atoms with E-state index in [9.17, 15) is 23.3 Å². The second-order valence-electron chi connectivity index (χ2n) is 4.73. The van der Waals surface area contributed by atoms with Gasteiger partial charge in [0.05, 0.1) is 10.7 Å². The summed E-state index contributed by atoms with van der Waals surface area (Å²) in [7, 11) is -3.75. The van der Waals surface area contributed by atoms with Crippen molar-refractivity contribution in [3.8, 4) is 0 Å². The highest BCUT2D eigenvalue weighted by atomic mass is 32.2. The molecule has 2 aromatic carbocycles. The number of carbonyl (C=O) groups is 1. The molecule has 0 aliphatic rings. The molecule has 0 aliphatic heterocycles. The van der Waals surface area contributed by atoms with Gasteiger partial charge >= 0.3 is 0 Å². The van der Waals surface area contributed by atoms with E-state index >= 15 is 0 Å². The van der Waals surface area contributed by atoms with Crippen LogP contribution in [0.3, 0.4) is 0 Å². The molecule has 0 aromatic heterocycles. The molecule has 0 unspecified atom stereocenters. The predicted molar refractivity (Wildman–Crippen MR) is 84.3 cm³/mol. The number of amides is 1. The number of hydrogen-bond donors (Lipinski definition) is 2. The van der Waals surface area contributed by atoms with E-state index in [0.717, 1.165) is 0 Å². The van der Waals surface area contributed by atoms with Crippen LogP contribution in [-0.4, -0.2) is 19.2 Å². The fourth-order valence-electron chi connectivity index (χ4n) is 1.90. The molecule has 3 N–H and O–H groups in total. The van der Waals surface area contributed by atoms with Gasteiger partial charge < -0.3 is 5.73 Å². The van der Waals surface area contributed by atoms with Crippen molar-refractivity contribution >= 4 is 27.3 Å². The molecule has 0 fully saturated rings. The number of anilines is 1. The van der Waals surface area contributed by atoms with Crippen LogP contribution in [0.15, 0.2) is 48.5 Å². The van der Waals surface area contributed by atoms with E-state index < -0.39 is 26.6 Å². The van der Waals surface area contributed by atoms with Crippen LogP contribution >= 0.6 is 0 Å². The second kappa shape index (κ2) is 6.44. The molecule has 8 nitrogen and oxygen atoms in total. The first-order valence-corrected chi connectivity index (χ1v) is 8.06. The van der Waals surface area contributed by atoms with Crippen molar-refractivity contribution < 1.29 is 18.1 Å². The van der Waals surface area contributed by atoms with Crippen molar-refractivity contribution in [2.45, 2.75) is 5.75 Å². The number of nitrogens with one attached hydrogen (secondary N) is 1. The molecule has 0 heterocycles. The molecule has 2 rings (SSSR count). The Morgan fingerprint density at radius 3 is 2.39 bits per heavy atom. The van der Waals surface area contributed by atoms with E-state index in [2.05, 4.69) is 4.72 Å². The third-order valence-corrected chi connectivity index (χ3v) is 4.18. The van der Waals surface area contributed by atoms with Crippen LogP contribution in [0.1, 0.15) is 15.9 Å². The molecule has 0 radical (unpaired) electrons. The third kappa shape index (κ3) is 4.51. The number of nitro groups is 1. The van der Waals surface area contributed by atoms with Gasteiger partial charge in [0, 0.05) is 23.4 Å². The molecule has 0 bridgehead atoms. The van der Waals surface area contributed by atoms with Gasteiger partial charge in [-0.05, 0) is 29.8 Å². The largest absolute Gasteiger partial charge is 0.366 e. The highest BCUT2D eigenvalue weighted by molar-refractivity contribution is 7.91. The van der Waals surface area contributed by atoms with Gasteiger partial charge in [-0.3, -0.25) is 19.6 Å².